The first-order valence-corrected chi connectivity index (χ1v) is 6.31. The Labute approximate surface area is 107 Å². The van der Waals surface area contributed by atoms with Gasteiger partial charge in [-0.25, -0.2) is 0 Å². The molecule has 5 heteroatoms. The summed E-state index contributed by atoms with van der Waals surface area (Å²) in [6.45, 7) is 3.74. The fraction of sp³-hybridized carbons (Fsp3) is 0.538. The number of pyridine rings is 1. The lowest BCUT2D eigenvalue weighted by atomic mass is 9.95. The van der Waals surface area contributed by atoms with Crippen LogP contribution in [0.5, 0.6) is 5.75 Å². The average Bonchev–Trinajstić information content (AvgIpc) is 2.38. The van der Waals surface area contributed by atoms with Crippen molar-refractivity contribution in [3.8, 4) is 5.75 Å². The van der Waals surface area contributed by atoms with Crippen LogP contribution in [0.25, 0.3) is 0 Å². The van der Waals surface area contributed by atoms with E-state index in [1.54, 1.807) is 0 Å². The number of amides is 1. The summed E-state index contributed by atoms with van der Waals surface area (Å²) in [5, 5.41) is 15.8. The van der Waals surface area contributed by atoms with E-state index in [9.17, 15) is 9.90 Å². The van der Waals surface area contributed by atoms with Crippen molar-refractivity contribution in [1.82, 2.24) is 15.6 Å². The van der Waals surface area contributed by atoms with Crippen LogP contribution < -0.4 is 10.6 Å². The molecule has 0 aliphatic carbocycles. The summed E-state index contributed by atoms with van der Waals surface area (Å²) in [6.07, 6.45) is 5.04. The molecule has 5 nitrogen and oxygen atoms in total. The molecule has 18 heavy (non-hydrogen) atoms. The molecule has 98 valence electrons. The second kappa shape index (κ2) is 5.82. The molecule has 3 N–H and O–H groups in total. The average molecular weight is 249 g/mol. The molecule has 0 radical (unpaired) electrons. The van der Waals surface area contributed by atoms with Gasteiger partial charge in [-0.05, 0) is 38.3 Å². The second-order valence-electron chi connectivity index (χ2n) is 4.86. The lowest BCUT2D eigenvalue weighted by Gasteiger charge is -2.27. The maximum atomic E-state index is 11.9. The minimum Gasteiger partial charge on any atom is -0.505 e. The minimum atomic E-state index is -0.242. The van der Waals surface area contributed by atoms with E-state index in [-0.39, 0.29) is 17.2 Å². The van der Waals surface area contributed by atoms with Gasteiger partial charge in [0.25, 0.3) is 5.91 Å². The quantitative estimate of drug-likeness (QED) is 0.744. The van der Waals surface area contributed by atoms with E-state index in [2.05, 4.69) is 22.5 Å². The number of hydrogen-bond acceptors (Lipinski definition) is 4. The molecule has 0 spiro atoms. The topological polar surface area (TPSA) is 74.2 Å². The van der Waals surface area contributed by atoms with E-state index in [0.717, 1.165) is 19.4 Å². The van der Waals surface area contributed by atoms with Crippen LogP contribution in [0.2, 0.25) is 0 Å². The molecule has 1 aromatic rings. The lowest BCUT2D eigenvalue weighted by Crippen LogP contribution is -2.41. The lowest BCUT2D eigenvalue weighted by molar-refractivity contribution is 0.0941. The largest absolute Gasteiger partial charge is 0.505 e. The minimum absolute atomic E-state index is 0.0783. The van der Waals surface area contributed by atoms with Crippen LogP contribution in [0, 0.1) is 5.92 Å². The van der Waals surface area contributed by atoms with E-state index in [0.29, 0.717) is 18.5 Å². The molecule has 1 saturated heterocycles. The van der Waals surface area contributed by atoms with E-state index in [1.165, 1.54) is 18.5 Å². The number of nitrogens with one attached hydrogen (secondary N) is 2. The first kappa shape index (κ1) is 12.8. The third-order valence-electron chi connectivity index (χ3n) is 3.36. The molecule has 0 aromatic carbocycles. The van der Waals surface area contributed by atoms with Gasteiger partial charge in [-0.3, -0.25) is 9.78 Å². The molecule has 1 aliphatic heterocycles. The molecule has 1 fully saturated rings. The van der Waals surface area contributed by atoms with Crippen molar-refractivity contribution in [2.75, 3.05) is 13.1 Å². The zero-order valence-electron chi connectivity index (χ0n) is 10.5. The Hall–Kier alpha value is -1.62. The van der Waals surface area contributed by atoms with E-state index < -0.39 is 0 Å². The van der Waals surface area contributed by atoms with Crippen LogP contribution >= 0.6 is 0 Å². The Morgan fingerprint density at radius 3 is 3.11 bits per heavy atom. The van der Waals surface area contributed by atoms with Crippen LogP contribution in [0.3, 0.4) is 0 Å². The standard InChI is InChI=1S/C13H19N3O2/c1-9-2-3-10(6-15-9)7-16-13(18)11-4-5-14-8-12(11)17/h4-5,8-10,15,17H,2-3,6-7H2,1H3,(H,16,18). The summed E-state index contributed by atoms with van der Waals surface area (Å²) in [4.78, 5) is 15.6. The predicted molar refractivity (Wildman–Crippen MR) is 68.4 cm³/mol. The summed E-state index contributed by atoms with van der Waals surface area (Å²) in [5.41, 5.74) is 0.280. The number of hydrogen-bond donors (Lipinski definition) is 3. The van der Waals surface area contributed by atoms with Crippen LogP contribution in [-0.2, 0) is 0 Å². The van der Waals surface area contributed by atoms with Crippen molar-refractivity contribution in [3.63, 3.8) is 0 Å². The molecule has 1 amide bonds. The molecule has 2 rings (SSSR count). The highest BCUT2D eigenvalue weighted by molar-refractivity contribution is 5.96. The van der Waals surface area contributed by atoms with Gasteiger partial charge in [-0.15, -0.1) is 0 Å². The van der Waals surface area contributed by atoms with E-state index >= 15 is 0 Å². The molecular weight excluding hydrogens is 230 g/mol. The highest BCUT2D eigenvalue weighted by Gasteiger charge is 2.18. The normalized spacial score (nSPS) is 23.6. The van der Waals surface area contributed by atoms with Gasteiger partial charge in [0.05, 0.1) is 11.8 Å². The van der Waals surface area contributed by atoms with Crippen LogP contribution in [0.15, 0.2) is 18.5 Å². The molecule has 1 aliphatic rings. The van der Waals surface area contributed by atoms with Gasteiger partial charge >= 0.3 is 0 Å². The third kappa shape index (κ3) is 3.20. The van der Waals surface area contributed by atoms with Crippen molar-refractivity contribution in [3.05, 3.63) is 24.0 Å². The summed E-state index contributed by atoms with van der Waals surface area (Å²) in [7, 11) is 0. The van der Waals surface area contributed by atoms with Crippen molar-refractivity contribution >= 4 is 5.91 Å². The maximum Gasteiger partial charge on any atom is 0.255 e. The van der Waals surface area contributed by atoms with Crippen molar-refractivity contribution < 1.29 is 9.90 Å². The van der Waals surface area contributed by atoms with Gasteiger partial charge in [0, 0.05) is 18.8 Å². The van der Waals surface area contributed by atoms with Gasteiger partial charge in [0.2, 0.25) is 0 Å². The number of piperidine rings is 1. The fourth-order valence-corrected chi connectivity index (χ4v) is 2.14. The highest BCUT2D eigenvalue weighted by atomic mass is 16.3. The molecule has 0 saturated carbocycles. The second-order valence-corrected chi connectivity index (χ2v) is 4.86. The Kier molecular flexibility index (Phi) is 4.15. The first-order valence-electron chi connectivity index (χ1n) is 6.31. The highest BCUT2D eigenvalue weighted by Crippen LogP contribution is 2.15. The molecular formula is C13H19N3O2. The Bertz CT molecular complexity index is 414. The van der Waals surface area contributed by atoms with Crippen molar-refractivity contribution in [2.24, 2.45) is 5.92 Å². The first-order chi connectivity index (χ1) is 8.66. The fourth-order valence-electron chi connectivity index (χ4n) is 2.14. The van der Waals surface area contributed by atoms with Gasteiger partial charge in [-0.2, -0.15) is 0 Å². The number of carbonyl (C=O) groups excluding carboxylic acids is 1. The number of carbonyl (C=O) groups is 1. The van der Waals surface area contributed by atoms with Crippen LogP contribution in [-0.4, -0.2) is 35.1 Å². The zero-order valence-corrected chi connectivity index (χ0v) is 10.5. The molecule has 0 bridgehead atoms. The number of nitrogens with zero attached hydrogens (tertiary/aromatic N) is 1. The van der Waals surface area contributed by atoms with Gasteiger partial charge in [-0.1, -0.05) is 0 Å². The van der Waals surface area contributed by atoms with Crippen molar-refractivity contribution in [1.29, 1.82) is 0 Å². The number of rotatable bonds is 3. The Balaban J connectivity index is 1.84. The van der Waals surface area contributed by atoms with Gasteiger partial charge in [0.1, 0.15) is 5.75 Å². The zero-order chi connectivity index (χ0) is 13.0. The number of aromatic nitrogens is 1. The smallest absolute Gasteiger partial charge is 0.255 e. The third-order valence-corrected chi connectivity index (χ3v) is 3.36. The van der Waals surface area contributed by atoms with Crippen molar-refractivity contribution in [2.45, 2.75) is 25.8 Å². The summed E-state index contributed by atoms with van der Waals surface area (Å²) < 4.78 is 0. The predicted octanol–water partition coefficient (Wildman–Crippen LogP) is 0.905. The van der Waals surface area contributed by atoms with Crippen LogP contribution in [0.4, 0.5) is 0 Å². The maximum absolute atomic E-state index is 11.9. The summed E-state index contributed by atoms with van der Waals surface area (Å²) in [5.74, 6) is 0.146. The molecule has 2 heterocycles. The molecule has 2 atom stereocenters. The van der Waals surface area contributed by atoms with Gasteiger partial charge < -0.3 is 15.7 Å². The Morgan fingerprint density at radius 1 is 1.61 bits per heavy atom. The summed E-state index contributed by atoms with van der Waals surface area (Å²) in [6, 6.07) is 2.09. The SMILES string of the molecule is CC1CCC(CNC(=O)c2ccncc2O)CN1. The Morgan fingerprint density at radius 2 is 2.44 bits per heavy atom. The molecule has 2 unspecified atom stereocenters. The monoisotopic (exact) mass is 249 g/mol. The van der Waals surface area contributed by atoms with Crippen LogP contribution in [0.1, 0.15) is 30.1 Å². The molecule has 1 aromatic heterocycles. The van der Waals surface area contributed by atoms with Gasteiger partial charge in [0.15, 0.2) is 0 Å². The van der Waals surface area contributed by atoms with E-state index in [4.69, 9.17) is 0 Å². The van der Waals surface area contributed by atoms with E-state index in [1.807, 2.05) is 0 Å². The number of aromatic hydroxyl groups is 1. The summed E-state index contributed by atoms with van der Waals surface area (Å²) >= 11 is 0.